The summed E-state index contributed by atoms with van der Waals surface area (Å²) in [7, 11) is 1.44. The smallest absolute Gasteiger partial charge is 0.277 e. The summed E-state index contributed by atoms with van der Waals surface area (Å²) < 4.78 is 27.7. The number of halogens is 3. The third kappa shape index (κ3) is 2.41. The molecule has 0 N–H and O–H groups in total. The van der Waals surface area contributed by atoms with Gasteiger partial charge in [0.05, 0.1) is 43.5 Å². The number of rotatable bonds is 2. The van der Waals surface area contributed by atoms with Gasteiger partial charge in [-0.25, -0.2) is 4.68 Å². The predicted molar refractivity (Wildman–Crippen MR) is 81.5 cm³/mol. The van der Waals surface area contributed by atoms with E-state index >= 15 is 0 Å². The largest absolute Gasteiger partial charge is 0.495 e. The van der Waals surface area contributed by atoms with Crippen molar-refractivity contribution in [2.45, 2.75) is 13.1 Å². The van der Waals surface area contributed by atoms with E-state index in [0.29, 0.717) is 24.0 Å². The van der Waals surface area contributed by atoms with E-state index in [1.54, 1.807) is 0 Å². The zero-order valence-corrected chi connectivity index (χ0v) is 13.2. The van der Waals surface area contributed by atoms with Gasteiger partial charge >= 0.3 is 0 Å². The second kappa shape index (κ2) is 5.95. The van der Waals surface area contributed by atoms with Crippen LogP contribution in [0.4, 0.5) is 4.39 Å². The lowest BCUT2D eigenvalue weighted by atomic mass is 10.1. The van der Waals surface area contributed by atoms with Crippen molar-refractivity contribution in [2.75, 3.05) is 20.3 Å². The Bertz CT molecular complexity index is 785. The Morgan fingerprint density at radius 1 is 1.18 bits per heavy atom. The van der Waals surface area contributed by atoms with Gasteiger partial charge in [0, 0.05) is 5.56 Å². The third-order valence-corrected chi connectivity index (χ3v) is 4.19. The predicted octanol–water partition coefficient (Wildman–Crippen LogP) is 2.80. The van der Waals surface area contributed by atoms with Gasteiger partial charge < -0.3 is 9.47 Å². The van der Waals surface area contributed by atoms with Crippen LogP contribution in [0, 0.1) is 5.95 Å². The van der Waals surface area contributed by atoms with Crippen LogP contribution in [0.15, 0.2) is 16.9 Å². The fourth-order valence-electron chi connectivity index (χ4n) is 2.51. The van der Waals surface area contributed by atoms with Crippen molar-refractivity contribution in [2.24, 2.45) is 0 Å². The quantitative estimate of drug-likeness (QED) is 0.839. The van der Waals surface area contributed by atoms with Crippen LogP contribution in [-0.4, -0.2) is 29.7 Å². The summed E-state index contributed by atoms with van der Waals surface area (Å²) in [6, 6.07) is 2.91. The fraction of sp³-hybridized carbons (Fsp3) is 0.357. The molecule has 5 nitrogen and oxygen atoms in total. The van der Waals surface area contributed by atoms with Crippen molar-refractivity contribution in [3.05, 3.63) is 38.5 Å². The SMILES string of the molecule is COc1cc(-c2c(F)n3n(c2=O)CCOCC3)c(Cl)cc1Cl. The fourth-order valence-corrected chi connectivity index (χ4v) is 3.07. The van der Waals surface area contributed by atoms with E-state index in [1.165, 1.54) is 28.6 Å². The Kier molecular flexibility index (Phi) is 4.16. The zero-order chi connectivity index (χ0) is 15.9. The molecule has 0 fully saturated rings. The van der Waals surface area contributed by atoms with Crippen LogP contribution >= 0.6 is 23.2 Å². The van der Waals surface area contributed by atoms with E-state index in [4.69, 9.17) is 32.7 Å². The maximum atomic E-state index is 14.7. The molecule has 0 amide bonds. The van der Waals surface area contributed by atoms with E-state index in [1.807, 2.05) is 0 Å². The van der Waals surface area contributed by atoms with Crippen LogP contribution in [0.1, 0.15) is 0 Å². The van der Waals surface area contributed by atoms with E-state index in [9.17, 15) is 9.18 Å². The molecule has 118 valence electrons. The number of aromatic nitrogens is 2. The Labute approximate surface area is 135 Å². The van der Waals surface area contributed by atoms with E-state index < -0.39 is 11.5 Å². The Morgan fingerprint density at radius 2 is 1.86 bits per heavy atom. The monoisotopic (exact) mass is 346 g/mol. The molecule has 8 heteroatoms. The molecule has 0 radical (unpaired) electrons. The summed E-state index contributed by atoms with van der Waals surface area (Å²) in [5, 5.41) is 0.491. The molecule has 1 aliphatic heterocycles. The standard InChI is InChI=1S/C14H13Cl2FN2O3/c1-21-11-6-8(9(15)7-10(11)16)12-13(17)18-2-4-22-5-3-19(18)14(12)20/h6-7H,2-5H2,1H3. The van der Waals surface area contributed by atoms with Crippen molar-refractivity contribution in [1.82, 2.24) is 9.36 Å². The highest BCUT2D eigenvalue weighted by atomic mass is 35.5. The molecular formula is C14H13Cl2FN2O3. The molecule has 22 heavy (non-hydrogen) atoms. The highest BCUT2D eigenvalue weighted by Crippen LogP contribution is 2.36. The van der Waals surface area contributed by atoms with Crippen LogP contribution in [0.5, 0.6) is 5.75 Å². The highest BCUT2D eigenvalue weighted by Gasteiger charge is 2.25. The van der Waals surface area contributed by atoms with Crippen molar-refractivity contribution >= 4 is 23.2 Å². The number of fused-ring (bicyclic) bond motifs is 1. The van der Waals surface area contributed by atoms with Gasteiger partial charge in [0.25, 0.3) is 5.56 Å². The first kappa shape index (κ1) is 15.4. The number of methoxy groups -OCH3 is 1. The van der Waals surface area contributed by atoms with Gasteiger partial charge in [-0.1, -0.05) is 23.2 Å². The van der Waals surface area contributed by atoms with Crippen LogP contribution < -0.4 is 10.3 Å². The molecule has 0 saturated carbocycles. The van der Waals surface area contributed by atoms with Gasteiger partial charge in [-0.2, -0.15) is 4.39 Å². The summed E-state index contributed by atoms with van der Waals surface area (Å²) >= 11 is 12.1. The van der Waals surface area contributed by atoms with Crippen LogP contribution in [0.3, 0.4) is 0 Å². The van der Waals surface area contributed by atoms with Crippen LogP contribution in [0.25, 0.3) is 11.1 Å². The van der Waals surface area contributed by atoms with Gasteiger partial charge in [-0.15, -0.1) is 0 Å². The molecule has 0 bridgehead atoms. The van der Waals surface area contributed by atoms with Crippen molar-refractivity contribution in [1.29, 1.82) is 0 Å². The molecule has 0 spiro atoms. The Morgan fingerprint density at radius 3 is 2.55 bits per heavy atom. The summed E-state index contributed by atoms with van der Waals surface area (Å²) in [5.41, 5.74) is -0.268. The molecule has 1 aromatic carbocycles. The zero-order valence-electron chi connectivity index (χ0n) is 11.7. The Balaban J connectivity index is 2.24. The lowest BCUT2D eigenvalue weighted by molar-refractivity contribution is 0.136. The summed E-state index contributed by atoms with van der Waals surface area (Å²) in [5.74, 6) is -0.309. The minimum Gasteiger partial charge on any atom is -0.495 e. The number of ether oxygens (including phenoxy) is 2. The molecule has 2 aromatic rings. The molecule has 0 unspecified atom stereocenters. The molecule has 0 saturated heterocycles. The van der Waals surface area contributed by atoms with Crippen LogP contribution in [-0.2, 0) is 17.8 Å². The molecule has 1 aliphatic rings. The second-order valence-corrected chi connectivity index (χ2v) is 5.61. The van der Waals surface area contributed by atoms with Crippen molar-refractivity contribution in [3.8, 4) is 16.9 Å². The summed E-state index contributed by atoms with van der Waals surface area (Å²) in [6.07, 6.45) is 0. The number of nitrogens with zero attached hydrogens (tertiary/aromatic N) is 2. The molecule has 2 heterocycles. The van der Waals surface area contributed by atoms with Crippen LogP contribution in [0.2, 0.25) is 10.0 Å². The first-order valence-electron chi connectivity index (χ1n) is 6.65. The lowest BCUT2D eigenvalue weighted by Gasteiger charge is -2.08. The summed E-state index contributed by atoms with van der Waals surface area (Å²) in [4.78, 5) is 12.5. The molecule has 0 aliphatic carbocycles. The normalized spacial score (nSPS) is 14.5. The van der Waals surface area contributed by atoms with E-state index in [0.717, 1.165) is 0 Å². The number of benzene rings is 1. The Hall–Kier alpha value is -1.50. The topological polar surface area (TPSA) is 45.4 Å². The lowest BCUT2D eigenvalue weighted by Crippen LogP contribution is -2.23. The number of hydrogen-bond donors (Lipinski definition) is 0. The van der Waals surface area contributed by atoms with E-state index in [-0.39, 0.29) is 29.2 Å². The average molecular weight is 347 g/mol. The highest BCUT2D eigenvalue weighted by molar-refractivity contribution is 6.37. The minimum absolute atomic E-state index is 0.0816. The average Bonchev–Trinajstić information content (AvgIpc) is 2.68. The first-order chi connectivity index (χ1) is 10.5. The van der Waals surface area contributed by atoms with Gasteiger partial charge in [0.2, 0.25) is 5.95 Å². The van der Waals surface area contributed by atoms with Crippen molar-refractivity contribution in [3.63, 3.8) is 0 Å². The molecular weight excluding hydrogens is 334 g/mol. The maximum Gasteiger partial charge on any atom is 0.277 e. The minimum atomic E-state index is -0.637. The molecule has 0 atom stereocenters. The maximum absolute atomic E-state index is 14.7. The van der Waals surface area contributed by atoms with Gasteiger partial charge in [-0.05, 0) is 12.1 Å². The van der Waals surface area contributed by atoms with Gasteiger partial charge in [0.1, 0.15) is 11.3 Å². The molecule has 3 rings (SSSR count). The van der Waals surface area contributed by atoms with Gasteiger partial charge in [0.15, 0.2) is 0 Å². The first-order valence-corrected chi connectivity index (χ1v) is 7.40. The second-order valence-electron chi connectivity index (χ2n) is 4.80. The van der Waals surface area contributed by atoms with E-state index in [2.05, 4.69) is 0 Å². The number of hydrogen-bond acceptors (Lipinski definition) is 3. The third-order valence-electron chi connectivity index (χ3n) is 3.58. The molecule has 1 aromatic heterocycles. The van der Waals surface area contributed by atoms with Crippen molar-refractivity contribution < 1.29 is 13.9 Å². The van der Waals surface area contributed by atoms with Gasteiger partial charge in [-0.3, -0.25) is 9.48 Å². The summed E-state index contributed by atoms with van der Waals surface area (Å²) in [6.45, 7) is 1.27.